The van der Waals surface area contributed by atoms with Crippen molar-refractivity contribution in [2.75, 3.05) is 13.1 Å². The average molecular weight is 283 g/mol. The molecule has 1 atom stereocenters. The zero-order valence-electron chi connectivity index (χ0n) is 13.2. The maximum Gasteiger partial charge on any atom is 0.303 e. The van der Waals surface area contributed by atoms with Gasteiger partial charge in [-0.1, -0.05) is 20.8 Å². The molecule has 0 aromatic carbocycles. The van der Waals surface area contributed by atoms with Gasteiger partial charge >= 0.3 is 5.97 Å². The van der Waals surface area contributed by atoms with Crippen LogP contribution in [0.1, 0.15) is 65.7 Å². The first-order valence-corrected chi connectivity index (χ1v) is 7.80. The van der Waals surface area contributed by atoms with Crippen LogP contribution in [0.15, 0.2) is 0 Å². The molecule has 1 aliphatic rings. The third-order valence-corrected chi connectivity index (χ3v) is 4.34. The summed E-state index contributed by atoms with van der Waals surface area (Å²) in [6.07, 6.45) is 5.32. The van der Waals surface area contributed by atoms with E-state index in [1.807, 2.05) is 4.90 Å². The number of rotatable bonds is 5. The van der Waals surface area contributed by atoms with Crippen molar-refractivity contribution in [3.8, 4) is 0 Å². The van der Waals surface area contributed by atoms with Crippen LogP contribution in [0.4, 0.5) is 0 Å². The number of hydrogen-bond acceptors (Lipinski definition) is 2. The molecular weight excluding hydrogens is 254 g/mol. The zero-order chi connectivity index (χ0) is 15.2. The highest BCUT2D eigenvalue weighted by atomic mass is 16.4. The topological polar surface area (TPSA) is 57.6 Å². The van der Waals surface area contributed by atoms with Crippen LogP contribution in [0.5, 0.6) is 0 Å². The molecule has 0 spiro atoms. The number of likely N-dealkylation sites (tertiary alicyclic amines) is 1. The standard InChI is InChI=1S/C16H29NO3/c1-16(2,3)13-7-6-11-17(12-10-13)14(18)8-4-5-9-15(19)20/h13H,4-12H2,1-3H3,(H,19,20). The summed E-state index contributed by atoms with van der Waals surface area (Å²) < 4.78 is 0. The van der Waals surface area contributed by atoms with Crippen LogP contribution in [0.25, 0.3) is 0 Å². The molecule has 1 aliphatic heterocycles. The van der Waals surface area contributed by atoms with E-state index in [2.05, 4.69) is 20.8 Å². The van der Waals surface area contributed by atoms with E-state index in [-0.39, 0.29) is 12.3 Å². The van der Waals surface area contributed by atoms with E-state index >= 15 is 0 Å². The molecule has 1 saturated heterocycles. The lowest BCUT2D eigenvalue weighted by atomic mass is 9.77. The normalized spacial score (nSPS) is 20.6. The monoisotopic (exact) mass is 283 g/mol. The van der Waals surface area contributed by atoms with Gasteiger partial charge in [-0.15, -0.1) is 0 Å². The number of hydrogen-bond donors (Lipinski definition) is 1. The Balaban J connectivity index is 2.33. The molecule has 116 valence electrons. The lowest BCUT2D eigenvalue weighted by Crippen LogP contribution is -2.32. The summed E-state index contributed by atoms with van der Waals surface area (Å²) >= 11 is 0. The van der Waals surface area contributed by atoms with Crippen LogP contribution in [0.2, 0.25) is 0 Å². The summed E-state index contributed by atoms with van der Waals surface area (Å²) in [5.74, 6) is 0.109. The van der Waals surface area contributed by atoms with Gasteiger partial charge in [0.05, 0.1) is 0 Å². The number of carbonyl (C=O) groups excluding carboxylic acids is 1. The van der Waals surface area contributed by atoms with Crippen LogP contribution in [-0.2, 0) is 9.59 Å². The van der Waals surface area contributed by atoms with Crippen LogP contribution >= 0.6 is 0 Å². The molecule has 4 heteroatoms. The molecule has 1 fully saturated rings. The van der Waals surface area contributed by atoms with E-state index in [0.29, 0.717) is 30.6 Å². The molecule has 1 heterocycles. The van der Waals surface area contributed by atoms with E-state index < -0.39 is 5.97 Å². The van der Waals surface area contributed by atoms with Crippen molar-refractivity contribution < 1.29 is 14.7 Å². The van der Waals surface area contributed by atoms with Gasteiger partial charge in [0, 0.05) is 25.9 Å². The quantitative estimate of drug-likeness (QED) is 0.788. The Morgan fingerprint density at radius 1 is 1.10 bits per heavy atom. The number of aliphatic carboxylic acids is 1. The van der Waals surface area contributed by atoms with Gasteiger partial charge in [-0.2, -0.15) is 0 Å². The predicted octanol–water partition coefficient (Wildman–Crippen LogP) is 3.31. The van der Waals surface area contributed by atoms with E-state index in [1.165, 1.54) is 6.42 Å². The number of amides is 1. The highest BCUT2D eigenvalue weighted by molar-refractivity contribution is 5.76. The maximum atomic E-state index is 12.1. The second-order valence-electron chi connectivity index (χ2n) is 6.98. The van der Waals surface area contributed by atoms with Gasteiger partial charge in [0.15, 0.2) is 0 Å². The largest absolute Gasteiger partial charge is 0.481 e. The predicted molar refractivity (Wildman–Crippen MR) is 79.5 cm³/mol. The highest BCUT2D eigenvalue weighted by Crippen LogP contribution is 2.34. The summed E-state index contributed by atoms with van der Waals surface area (Å²) in [6.45, 7) is 8.56. The highest BCUT2D eigenvalue weighted by Gasteiger charge is 2.28. The average Bonchev–Trinajstić information content (AvgIpc) is 2.59. The molecule has 0 saturated carbocycles. The first kappa shape index (κ1) is 17.0. The van der Waals surface area contributed by atoms with Crippen molar-refractivity contribution in [2.24, 2.45) is 11.3 Å². The summed E-state index contributed by atoms with van der Waals surface area (Å²) in [5.41, 5.74) is 0.320. The Morgan fingerprint density at radius 2 is 1.75 bits per heavy atom. The number of unbranched alkanes of at least 4 members (excludes halogenated alkanes) is 1. The van der Waals surface area contributed by atoms with Crippen LogP contribution in [0, 0.1) is 11.3 Å². The number of carboxylic acid groups (broad SMARTS) is 1. The second kappa shape index (κ2) is 7.65. The van der Waals surface area contributed by atoms with Crippen LogP contribution in [-0.4, -0.2) is 35.0 Å². The fourth-order valence-corrected chi connectivity index (χ4v) is 2.92. The summed E-state index contributed by atoms with van der Waals surface area (Å²) in [7, 11) is 0. The molecule has 0 aromatic rings. The van der Waals surface area contributed by atoms with Crippen molar-refractivity contribution in [1.29, 1.82) is 0 Å². The van der Waals surface area contributed by atoms with Gasteiger partial charge in [-0.25, -0.2) is 0 Å². The van der Waals surface area contributed by atoms with E-state index in [9.17, 15) is 9.59 Å². The van der Waals surface area contributed by atoms with Gasteiger partial charge in [-0.3, -0.25) is 9.59 Å². The van der Waals surface area contributed by atoms with Crippen molar-refractivity contribution in [3.05, 3.63) is 0 Å². The van der Waals surface area contributed by atoms with Gasteiger partial charge < -0.3 is 10.0 Å². The molecule has 1 unspecified atom stereocenters. The molecule has 0 aliphatic carbocycles. The summed E-state index contributed by atoms with van der Waals surface area (Å²) in [4.78, 5) is 24.5. The molecule has 1 N–H and O–H groups in total. The number of carboxylic acids is 1. The Bertz CT molecular complexity index is 333. The Labute approximate surface area is 122 Å². The molecule has 0 aromatic heterocycles. The van der Waals surface area contributed by atoms with Gasteiger partial charge in [0.25, 0.3) is 0 Å². The summed E-state index contributed by atoms with van der Waals surface area (Å²) in [5, 5.41) is 8.57. The molecule has 0 radical (unpaired) electrons. The van der Waals surface area contributed by atoms with E-state index in [1.54, 1.807) is 0 Å². The van der Waals surface area contributed by atoms with Gasteiger partial charge in [0.2, 0.25) is 5.91 Å². The smallest absolute Gasteiger partial charge is 0.303 e. The third kappa shape index (κ3) is 5.93. The fraction of sp³-hybridized carbons (Fsp3) is 0.875. The second-order valence-corrected chi connectivity index (χ2v) is 6.98. The Kier molecular flexibility index (Phi) is 6.50. The third-order valence-electron chi connectivity index (χ3n) is 4.34. The lowest BCUT2D eigenvalue weighted by Gasteiger charge is -2.29. The minimum Gasteiger partial charge on any atom is -0.481 e. The minimum atomic E-state index is -0.778. The molecule has 1 amide bonds. The van der Waals surface area contributed by atoms with E-state index in [4.69, 9.17) is 5.11 Å². The van der Waals surface area contributed by atoms with Crippen molar-refractivity contribution in [3.63, 3.8) is 0 Å². The van der Waals surface area contributed by atoms with Crippen molar-refractivity contribution >= 4 is 11.9 Å². The lowest BCUT2D eigenvalue weighted by molar-refractivity contribution is -0.137. The summed E-state index contributed by atoms with van der Waals surface area (Å²) in [6, 6.07) is 0. The Morgan fingerprint density at radius 3 is 2.35 bits per heavy atom. The molecule has 20 heavy (non-hydrogen) atoms. The Hall–Kier alpha value is -1.06. The molecule has 1 rings (SSSR count). The van der Waals surface area contributed by atoms with Crippen LogP contribution < -0.4 is 0 Å². The molecular formula is C16H29NO3. The first-order valence-electron chi connectivity index (χ1n) is 7.80. The van der Waals surface area contributed by atoms with Gasteiger partial charge in [0.1, 0.15) is 0 Å². The van der Waals surface area contributed by atoms with Crippen LogP contribution in [0.3, 0.4) is 0 Å². The number of nitrogens with zero attached hydrogens (tertiary/aromatic N) is 1. The fourth-order valence-electron chi connectivity index (χ4n) is 2.92. The molecule has 4 nitrogen and oxygen atoms in total. The number of carbonyl (C=O) groups is 2. The first-order chi connectivity index (χ1) is 9.30. The molecule has 0 bridgehead atoms. The van der Waals surface area contributed by atoms with Crippen molar-refractivity contribution in [2.45, 2.75) is 65.7 Å². The van der Waals surface area contributed by atoms with E-state index in [0.717, 1.165) is 25.9 Å². The van der Waals surface area contributed by atoms with Crippen molar-refractivity contribution in [1.82, 2.24) is 4.90 Å². The zero-order valence-corrected chi connectivity index (χ0v) is 13.2. The van der Waals surface area contributed by atoms with Gasteiger partial charge in [-0.05, 0) is 43.4 Å². The maximum absolute atomic E-state index is 12.1. The SMILES string of the molecule is CC(C)(C)C1CCCN(C(=O)CCCCC(=O)O)CC1. The minimum absolute atomic E-state index is 0.166.